The van der Waals surface area contributed by atoms with Crippen molar-refractivity contribution in [1.82, 2.24) is 4.98 Å². The summed E-state index contributed by atoms with van der Waals surface area (Å²) in [6.07, 6.45) is 4.11. The van der Waals surface area contributed by atoms with E-state index in [-0.39, 0.29) is 5.91 Å². The average molecular weight is 375 g/mol. The molecule has 22 heavy (non-hydrogen) atoms. The SMILES string of the molecule is O=C(c1csc(-c2ccoc2)n1)N1CCc2cc(Br)ccc21. The number of carbonyl (C=O) groups excluding carboxylic acids is 1. The fraction of sp³-hybridized carbons (Fsp3) is 0.125. The molecule has 2 aromatic heterocycles. The molecule has 0 spiro atoms. The third kappa shape index (κ3) is 2.28. The molecule has 0 atom stereocenters. The number of benzene rings is 1. The first-order valence-electron chi connectivity index (χ1n) is 6.81. The van der Waals surface area contributed by atoms with Gasteiger partial charge >= 0.3 is 0 Å². The predicted molar refractivity (Wildman–Crippen MR) is 89.3 cm³/mol. The van der Waals surface area contributed by atoms with E-state index in [1.807, 2.05) is 23.6 Å². The maximum Gasteiger partial charge on any atom is 0.277 e. The molecule has 4 nitrogen and oxygen atoms in total. The van der Waals surface area contributed by atoms with Crippen molar-refractivity contribution in [2.24, 2.45) is 0 Å². The van der Waals surface area contributed by atoms with Crippen molar-refractivity contribution in [2.45, 2.75) is 6.42 Å². The van der Waals surface area contributed by atoms with Crippen LogP contribution >= 0.6 is 27.3 Å². The van der Waals surface area contributed by atoms with Crippen LogP contribution in [0.15, 0.2) is 51.1 Å². The molecule has 3 heterocycles. The Labute approximate surface area is 139 Å². The topological polar surface area (TPSA) is 46.3 Å². The minimum Gasteiger partial charge on any atom is -0.472 e. The van der Waals surface area contributed by atoms with Crippen molar-refractivity contribution in [3.8, 4) is 10.6 Å². The number of carbonyl (C=O) groups is 1. The monoisotopic (exact) mass is 374 g/mol. The van der Waals surface area contributed by atoms with E-state index in [4.69, 9.17) is 4.42 Å². The molecule has 4 rings (SSSR count). The second-order valence-corrected chi connectivity index (χ2v) is 6.80. The van der Waals surface area contributed by atoms with Gasteiger partial charge in [0.25, 0.3) is 5.91 Å². The second-order valence-electron chi connectivity index (χ2n) is 5.03. The van der Waals surface area contributed by atoms with Crippen molar-refractivity contribution >= 4 is 38.9 Å². The molecule has 0 saturated carbocycles. The molecule has 1 aliphatic rings. The predicted octanol–water partition coefficient (Wildman–Crippen LogP) is 4.37. The molecule has 0 bridgehead atoms. The highest BCUT2D eigenvalue weighted by atomic mass is 79.9. The fourth-order valence-corrected chi connectivity index (χ4v) is 3.80. The number of anilines is 1. The smallest absolute Gasteiger partial charge is 0.277 e. The van der Waals surface area contributed by atoms with Crippen LogP contribution in [0, 0.1) is 0 Å². The summed E-state index contributed by atoms with van der Waals surface area (Å²) in [5.74, 6) is -0.0490. The zero-order chi connectivity index (χ0) is 15.1. The number of rotatable bonds is 2. The summed E-state index contributed by atoms with van der Waals surface area (Å²) in [5, 5.41) is 2.61. The first-order chi connectivity index (χ1) is 10.7. The van der Waals surface area contributed by atoms with Gasteiger partial charge in [-0.25, -0.2) is 4.98 Å². The highest BCUT2D eigenvalue weighted by molar-refractivity contribution is 9.10. The van der Waals surface area contributed by atoms with Crippen LogP contribution < -0.4 is 4.90 Å². The van der Waals surface area contributed by atoms with Crippen molar-refractivity contribution in [3.63, 3.8) is 0 Å². The number of fused-ring (bicyclic) bond motifs is 1. The van der Waals surface area contributed by atoms with E-state index in [9.17, 15) is 4.79 Å². The van der Waals surface area contributed by atoms with Gasteiger partial charge in [-0.2, -0.15) is 0 Å². The van der Waals surface area contributed by atoms with E-state index in [0.29, 0.717) is 12.2 Å². The quantitative estimate of drug-likeness (QED) is 0.668. The van der Waals surface area contributed by atoms with E-state index in [2.05, 4.69) is 27.0 Å². The molecule has 1 aromatic carbocycles. The normalized spacial score (nSPS) is 13.4. The van der Waals surface area contributed by atoms with Crippen LogP contribution in [-0.2, 0) is 6.42 Å². The fourth-order valence-electron chi connectivity index (χ4n) is 2.61. The Kier molecular flexibility index (Phi) is 3.35. The van der Waals surface area contributed by atoms with Crippen LogP contribution in [-0.4, -0.2) is 17.4 Å². The summed E-state index contributed by atoms with van der Waals surface area (Å²) in [6, 6.07) is 7.85. The van der Waals surface area contributed by atoms with Crippen molar-refractivity contribution in [2.75, 3.05) is 11.4 Å². The number of aromatic nitrogens is 1. The second kappa shape index (κ2) is 5.37. The number of halogens is 1. The number of hydrogen-bond acceptors (Lipinski definition) is 4. The molecule has 110 valence electrons. The average Bonchev–Trinajstić information content (AvgIpc) is 3.25. The maximum absolute atomic E-state index is 12.7. The third-order valence-corrected chi connectivity index (χ3v) is 5.06. The zero-order valence-electron chi connectivity index (χ0n) is 11.5. The molecule has 6 heteroatoms. The van der Waals surface area contributed by atoms with Gasteiger partial charge in [0.1, 0.15) is 17.0 Å². The van der Waals surface area contributed by atoms with Gasteiger partial charge in [0.2, 0.25) is 0 Å². The molecule has 0 fully saturated rings. The first kappa shape index (κ1) is 13.7. The third-order valence-electron chi connectivity index (χ3n) is 3.67. The van der Waals surface area contributed by atoms with Crippen LogP contribution in [0.25, 0.3) is 10.6 Å². The van der Waals surface area contributed by atoms with E-state index in [1.54, 1.807) is 17.4 Å². The lowest BCUT2D eigenvalue weighted by molar-refractivity contribution is 0.0985. The van der Waals surface area contributed by atoms with Gasteiger partial charge in [-0.3, -0.25) is 4.79 Å². The van der Waals surface area contributed by atoms with Crippen LogP contribution in [0.4, 0.5) is 5.69 Å². The van der Waals surface area contributed by atoms with Gasteiger partial charge in [-0.1, -0.05) is 15.9 Å². The van der Waals surface area contributed by atoms with Gasteiger partial charge < -0.3 is 9.32 Å². The summed E-state index contributed by atoms with van der Waals surface area (Å²) in [5.41, 5.74) is 3.55. The van der Waals surface area contributed by atoms with Crippen LogP contribution in [0.2, 0.25) is 0 Å². The molecule has 3 aromatic rings. The number of thiazole rings is 1. The molecule has 0 unspecified atom stereocenters. The van der Waals surface area contributed by atoms with E-state index in [0.717, 1.165) is 27.2 Å². The Balaban J connectivity index is 1.64. The molecular formula is C16H11BrN2O2S. The van der Waals surface area contributed by atoms with Crippen LogP contribution in [0.1, 0.15) is 16.1 Å². The molecule has 0 radical (unpaired) electrons. The maximum atomic E-state index is 12.7. The zero-order valence-corrected chi connectivity index (χ0v) is 13.9. The minimum absolute atomic E-state index is 0.0490. The largest absolute Gasteiger partial charge is 0.472 e. The van der Waals surface area contributed by atoms with Gasteiger partial charge in [-0.05, 0) is 36.2 Å². The Bertz CT molecular complexity index is 842. The van der Waals surface area contributed by atoms with Gasteiger partial charge in [0.05, 0.1) is 6.26 Å². The van der Waals surface area contributed by atoms with Gasteiger partial charge in [-0.15, -0.1) is 11.3 Å². The Morgan fingerprint density at radius 2 is 2.27 bits per heavy atom. The van der Waals surface area contributed by atoms with Crippen molar-refractivity contribution in [3.05, 3.63) is 57.9 Å². The number of nitrogens with zero attached hydrogens (tertiary/aromatic N) is 2. The molecule has 1 aliphatic heterocycles. The Hall–Kier alpha value is -1.92. The molecule has 1 amide bonds. The van der Waals surface area contributed by atoms with E-state index >= 15 is 0 Å². The van der Waals surface area contributed by atoms with E-state index in [1.165, 1.54) is 16.9 Å². The van der Waals surface area contributed by atoms with Gasteiger partial charge in [0.15, 0.2) is 0 Å². The summed E-state index contributed by atoms with van der Waals surface area (Å²) in [6.45, 7) is 0.698. The molecule has 0 N–H and O–H groups in total. The Morgan fingerprint density at radius 3 is 3.09 bits per heavy atom. The Morgan fingerprint density at radius 1 is 1.36 bits per heavy atom. The molecule has 0 aliphatic carbocycles. The molecular weight excluding hydrogens is 364 g/mol. The highest BCUT2D eigenvalue weighted by Crippen LogP contribution is 2.32. The minimum atomic E-state index is -0.0490. The van der Waals surface area contributed by atoms with Gasteiger partial charge in [0, 0.05) is 27.6 Å². The number of furan rings is 1. The summed E-state index contributed by atoms with van der Waals surface area (Å²) >= 11 is 4.92. The number of amides is 1. The van der Waals surface area contributed by atoms with Crippen molar-refractivity contribution < 1.29 is 9.21 Å². The lowest BCUT2D eigenvalue weighted by Gasteiger charge is -2.15. The molecule has 0 saturated heterocycles. The summed E-state index contributed by atoms with van der Waals surface area (Å²) < 4.78 is 6.10. The summed E-state index contributed by atoms with van der Waals surface area (Å²) in [4.78, 5) is 19.0. The number of hydrogen-bond donors (Lipinski definition) is 0. The van der Waals surface area contributed by atoms with E-state index < -0.39 is 0 Å². The van der Waals surface area contributed by atoms with Crippen LogP contribution in [0.5, 0.6) is 0 Å². The lowest BCUT2D eigenvalue weighted by atomic mass is 10.2. The van der Waals surface area contributed by atoms with Crippen LogP contribution in [0.3, 0.4) is 0 Å². The van der Waals surface area contributed by atoms with Crippen molar-refractivity contribution in [1.29, 1.82) is 0 Å². The lowest BCUT2D eigenvalue weighted by Crippen LogP contribution is -2.29. The first-order valence-corrected chi connectivity index (χ1v) is 8.48. The standard InChI is InChI=1S/C16H11BrN2O2S/c17-12-1-2-14-10(7-12)3-5-19(14)16(20)13-9-22-15(18-13)11-4-6-21-8-11/h1-2,4,6-9H,3,5H2. The summed E-state index contributed by atoms with van der Waals surface area (Å²) in [7, 11) is 0. The highest BCUT2D eigenvalue weighted by Gasteiger charge is 2.27.